The Hall–Kier alpha value is -2.22. The van der Waals surface area contributed by atoms with Crippen LogP contribution in [-0.2, 0) is 16.4 Å². The second kappa shape index (κ2) is 8.86. The molecule has 1 amide bonds. The van der Waals surface area contributed by atoms with E-state index in [1.165, 1.54) is 12.1 Å². The maximum Gasteiger partial charge on any atom is 0.251 e. The molecule has 0 bridgehead atoms. The number of hydrogen-bond donors (Lipinski definition) is 3. The number of hydrogen-bond acceptors (Lipinski definition) is 4. The van der Waals surface area contributed by atoms with Crippen LogP contribution in [0.4, 0.5) is 0 Å². The van der Waals surface area contributed by atoms with Crippen molar-refractivity contribution in [1.82, 2.24) is 10.0 Å². The standard InChI is InChI=1S/C21H26N2O4S/c1-15-5-2-3-6-17(15)11-19(14-24)23-21(25)18-7-4-8-20(12-18)28(26,27)22-13-16-9-10-16/h2-8,12,16,19,22,24H,9-11,13-14H2,1H3,(H,23,25)/t19-/m0/s1. The van der Waals surface area contributed by atoms with Crippen LogP contribution in [0, 0.1) is 12.8 Å². The summed E-state index contributed by atoms with van der Waals surface area (Å²) in [6.07, 6.45) is 2.60. The molecule has 0 radical (unpaired) electrons. The minimum atomic E-state index is -3.64. The van der Waals surface area contributed by atoms with Crippen LogP contribution in [0.2, 0.25) is 0 Å². The van der Waals surface area contributed by atoms with Crippen molar-refractivity contribution in [3.8, 4) is 0 Å². The average molecular weight is 403 g/mol. The largest absolute Gasteiger partial charge is 0.394 e. The molecule has 1 aliphatic carbocycles. The fourth-order valence-corrected chi connectivity index (χ4v) is 4.13. The summed E-state index contributed by atoms with van der Waals surface area (Å²) in [7, 11) is -3.64. The van der Waals surface area contributed by atoms with Gasteiger partial charge in [-0.1, -0.05) is 30.3 Å². The fraction of sp³-hybridized carbons (Fsp3) is 0.381. The van der Waals surface area contributed by atoms with Crippen molar-refractivity contribution in [3.63, 3.8) is 0 Å². The molecule has 3 N–H and O–H groups in total. The van der Waals surface area contributed by atoms with E-state index in [4.69, 9.17) is 0 Å². The van der Waals surface area contributed by atoms with Crippen LogP contribution in [-0.4, -0.2) is 38.6 Å². The third-order valence-electron chi connectivity index (χ3n) is 4.95. The van der Waals surface area contributed by atoms with E-state index in [0.29, 0.717) is 18.9 Å². The van der Waals surface area contributed by atoms with Crippen LogP contribution >= 0.6 is 0 Å². The maximum atomic E-state index is 12.6. The fourth-order valence-electron chi connectivity index (χ4n) is 2.97. The van der Waals surface area contributed by atoms with E-state index in [1.54, 1.807) is 12.1 Å². The van der Waals surface area contributed by atoms with Gasteiger partial charge >= 0.3 is 0 Å². The molecule has 2 aromatic carbocycles. The van der Waals surface area contributed by atoms with Crippen LogP contribution in [0.15, 0.2) is 53.4 Å². The molecule has 0 saturated heterocycles. The Morgan fingerprint density at radius 2 is 1.93 bits per heavy atom. The molecule has 150 valence electrons. The van der Waals surface area contributed by atoms with E-state index in [-0.39, 0.29) is 17.1 Å². The molecule has 0 aliphatic heterocycles. The molecule has 28 heavy (non-hydrogen) atoms. The molecule has 0 spiro atoms. The SMILES string of the molecule is Cc1ccccc1C[C@@H](CO)NC(=O)c1cccc(S(=O)(=O)NCC2CC2)c1. The zero-order chi connectivity index (χ0) is 20.1. The van der Waals surface area contributed by atoms with Crippen molar-refractivity contribution in [1.29, 1.82) is 0 Å². The Balaban J connectivity index is 1.68. The number of carbonyl (C=O) groups is 1. The van der Waals surface area contributed by atoms with Gasteiger partial charge in [-0.2, -0.15) is 0 Å². The molecule has 0 unspecified atom stereocenters. The molecule has 2 aromatic rings. The van der Waals surface area contributed by atoms with Gasteiger partial charge in [0.2, 0.25) is 10.0 Å². The van der Waals surface area contributed by atoms with Gasteiger partial charge in [-0.05, 0) is 61.4 Å². The van der Waals surface area contributed by atoms with Crippen LogP contribution in [0.5, 0.6) is 0 Å². The number of rotatable bonds is 9. The van der Waals surface area contributed by atoms with E-state index in [0.717, 1.165) is 24.0 Å². The second-order valence-electron chi connectivity index (χ2n) is 7.31. The average Bonchev–Trinajstić information content (AvgIpc) is 3.52. The molecule has 1 fully saturated rings. The van der Waals surface area contributed by atoms with Gasteiger partial charge in [0.05, 0.1) is 17.5 Å². The highest BCUT2D eigenvalue weighted by atomic mass is 32.2. The number of benzene rings is 2. The molecule has 1 saturated carbocycles. The lowest BCUT2D eigenvalue weighted by molar-refractivity contribution is 0.0916. The number of carbonyl (C=O) groups excluding carboxylic acids is 1. The summed E-state index contributed by atoms with van der Waals surface area (Å²) in [4.78, 5) is 12.7. The quantitative estimate of drug-likeness (QED) is 0.598. The van der Waals surface area contributed by atoms with E-state index in [9.17, 15) is 18.3 Å². The highest BCUT2D eigenvalue weighted by Crippen LogP contribution is 2.28. The maximum absolute atomic E-state index is 12.6. The Bertz CT molecular complexity index is 939. The minimum Gasteiger partial charge on any atom is -0.394 e. The van der Waals surface area contributed by atoms with Crippen molar-refractivity contribution in [2.45, 2.75) is 37.1 Å². The molecule has 3 rings (SSSR count). The third-order valence-corrected chi connectivity index (χ3v) is 6.37. The topological polar surface area (TPSA) is 95.5 Å². The van der Waals surface area contributed by atoms with Crippen LogP contribution in [0.1, 0.15) is 34.3 Å². The highest BCUT2D eigenvalue weighted by Gasteiger charge is 2.25. The number of aliphatic hydroxyl groups excluding tert-OH is 1. The summed E-state index contributed by atoms with van der Waals surface area (Å²) in [5.74, 6) is 0.0138. The number of amides is 1. The molecule has 6 nitrogen and oxygen atoms in total. The molecular formula is C21H26N2O4S. The first-order valence-electron chi connectivity index (χ1n) is 9.45. The van der Waals surface area contributed by atoms with E-state index >= 15 is 0 Å². The monoisotopic (exact) mass is 402 g/mol. The zero-order valence-corrected chi connectivity index (χ0v) is 16.7. The van der Waals surface area contributed by atoms with Gasteiger partial charge < -0.3 is 10.4 Å². The van der Waals surface area contributed by atoms with Gasteiger partial charge in [0, 0.05) is 12.1 Å². The lowest BCUT2D eigenvalue weighted by atomic mass is 10.0. The van der Waals surface area contributed by atoms with Gasteiger partial charge in [-0.25, -0.2) is 13.1 Å². The summed E-state index contributed by atoms with van der Waals surface area (Å²) in [5, 5.41) is 12.5. The molecule has 0 aromatic heterocycles. The number of aliphatic hydroxyl groups is 1. The predicted molar refractivity (Wildman–Crippen MR) is 108 cm³/mol. The second-order valence-corrected chi connectivity index (χ2v) is 9.07. The van der Waals surface area contributed by atoms with Gasteiger partial charge in [0.25, 0.3) is 5.91 Å². The molecule has 1 atom stereocenters. The first-order valence-corrected chi connectivity index (χ1v) is 10.9. The lowest BCUT2D eigenvalue weighted by Gasteiger charge is -2.18. The van der Waals surface area contributed by atoms with Gasteiger partial charge in [0.1, 0.15) is 0 Å². The first kappa shape index (κ1) is 20.5. The molecular weight excluding hydrogens is 376 g/mol. The van der Waals surface area contributed by atoms with Gasteiger partial charge in [-0.15, -0.1) is 0 Å². The number of sulfonamides is 1. The Labute approximate surface area is 166 Å². The third kappa shape index (κ3) is 5.41. The van der Waals surface area contributed by atoms with Crippen molar-refractivity contribution < 1.29 is 18.3 Å². The normalized spacial score (nSPS) is 15.2. The minimum absolute atomic E-state index is 0.0697. The first-order chi connectivity index (χ1) is 13.4. The molecule has 7 heteroatoms. The summed E-state index contributed by atoms with van der Waals surface area (Å²) in [6.45, 7) is 2.21. The summed E-state index contributed by atoms with van der Waals surface area (Å²) < 4.78 is 27.4. The zero-order valence-electron chi connectivity index (χ0n) is 15.9. The van der Waals surface area contributed by atoms with Crippen molar-refractivity contribution >= 4 is 15.9 Å². The van der Waals surface area contributed by atoms with Crippen molar-refractivity contribution in [2.24, 2.45) is 5.92 Å². The molecule has 0 heterocycles. The Morgan fingerprint density at radius 3 is 2.61 bits per heavy atom. The van der Waals surface area contributed by atoms with Gasteiger partial charge in [-0.3, -0.25) is 4.79 Å². The Kier molecular flexibility index (Phi) is 6.49. The van der Waals surface area contributed by atoms with E-state index < -0.39 is 22.0 Å². The smallest absolute Gasteiger partial charge is 0.251 e. The predicted octanol–water partition coefficient (Wildman–Crippen LogP) is 2.02. The van der Waals surface area contributed by atoms with Crippen LogP contribution in [0.3, 0.4) is 0 Å². The highest BCUT2D eigenvalue weighted by molar-refractivity contribution is 7.89. The number of nitrogens with one attached hydrogen (secondary N) is 2. The van der Waals surface area contributed by atoms with Crippen molar-refractivity contribution in [2.75, 3.05) is 13.2 Å². The van der Waals surface area contributed by atoms with Crippen LogP contribution in [0.25, 0.3) is 0 Å². The lowest BCUT2D eigenvalue weighted by Crippen LogP contribution is -2.39. The van der Waals surface area contributed by atoms with E-state index in [1.807, 2.05) is 31.2 Å². The summed E-state index contributed by atoms with van der Waals surface area (Å²) in [5.41, 5.74) is 2.38. The number of aryl methyl sites for hydroxylation is 1. The van der Waals surface area contributed by atoms with Gasteiger partial charge in [0.15, 0.2) is 0 Å². The Morgan fingerprint density at radius 1 is 1.18 bits per heavy atom. The van der Waals surface area contributed by atoms with E-state index in [2.05, 4.69) is 10.0 Å². The molecule has 1 aliphatic rings. The van der Waals surface area contributed by atoms with Crippen molar-refractivity contribution in [3.05, 3.63) is 65.2 Å². The summed E-state index contributed by atoms with van der Waals surface area (Å²) >= 11 is 0. The van der Waals surface area contributed by atoms with Crippen LogP contribution < -0.4 is 10.0 Å². The summed E-state index contributed by atoms with van der Waals surface area (Å²) in [6, 6.07) is 13.3.